The smallest absolute Gasteiger partial charge is 0.145 e. The van der Waals surface area contributed by atoms with Gasteiger partial charge in [0.1, 0.15) is 11.6 Å². The maximum atomic E-state index is 13.3. The summed E-state index contributed by atoms with van der Waals surface area (Å²) >= 11 is 0. The molecule has 1 N–H and O–H groups in total. The number of methoxy groups -OCH3 is 1. The average Bonchev–Trinajstić information content (AvgIpc) is 2.56. The number of hydrogen-bond donors (Lipinski definition) is 1. The average molecular weight is 307 g/mol. The van der Waals surface area contributed by atoms with Crippen LogP contribution in [0.1, 0.15) is 12.8 Å². The Labute approximate surface area is 132 Å². The fraction of sp³-hybridized carbons (Fsp3) is 0.647. The van der Waals surface area contributed by atoms with Gasteiger partial charge in [0.25, 0.3) is 0 Å². The van der Waals surface area contributed by atoms with Crippen molar-refractivity contribution in [1.82, 2.24) is 10.2 Å². The van der Waals surface area contributed by atoms with Crippen molar-refractivity contribution >= 4 is 5.69 Å². The van der Waals surface area contributed by atoms with Gasteiger partial charge in [-0.2, -0.15) is 0 Å². The molecule has 2 fully saturated rings. The quantitative estimate of drug-likeness (QED) is 0.920. The molecule has 0 bridgehead atoms. The van der Waals surface area contributed by atoms with E-state index in [2.05, 4.69) is 15.1 Å². The summed E-state index contributed by atoms with van der Waals surface area (Å²) in [7, 11) is 1.60. The normalized spacial score (nSPS) is 21.1. The third-order valence-corrected chi connectivity index (χ3v) is 4.83. The molecule has 0 unspecified atom stereocenters. The predicted octanol–water partition coefficient (Wildman–Crippen LogP) is 1.96. The molecular weight excluding hydrogens is 281 g/mol. The Hall–Kier alpha value is -1.33. The van der Waals surface area contributed by atoms with Gasteiger partial charge in [-0.3, -0.25) is 4.90 Å². The van der Waals surface area contributed by atoms with Crippen LogP contribution >= 0.6 is 0 Å². The van der Waals surface area contributed by atoms with E-state index in [1.807, 2.05) is 6.07 Å². The Morgan fingerprint density at radius 1 is 1.18 bits per heavy atom. The molecule has 1 aromatic rings. The van der Waals surface area contributed by atoms with Gasteiger partial charge in [0.2, 0.25) is 0 Å². The van der Waals surface area contributed by atoms with Gasteiger partial charge in [0.05, 0.1) is 12.8 Å². The van der Waals surface area contributed by atoms with Crippen molar-refractivity contribution < 1.29 is 9.13 Å². The van der Waals surface area contributed by atoms with Gasteiger partial charge >= 0.3 is 0 Å². The van der Waals surface area contributed by atoms with E-state index in [1.54, 1.807) is 7.11 Å². The standard InChI is InChI=1S/C17H26FN3O/c1-22-17-12-15(18)2-3-16(17)21-10-8-20(9-11-21)13-14-4-6-19-7-5-14/h2-3,12,14,19H,4-11,13H2,1H3. The number of anilines is 1. The van der Waals surface area contributed by atoms with Gasteiger partial charge in [0.15, 0.2) is 0 Å². The van der Waals surface area contributed by atoms with Crippen LogP contribution in [0.3, 0.4) is 0 Å². The fourth-order valence-electron chi connectivity index (χ4n) is 3.51. The third-order valence-electron chi connectivity index (χ3n) is 4.83. The summed E-state index contributed by atoms with van der Waals surface area (Å²) in [6.07, 6.45) is 2.60. The summed E-state index contributed by atoms with van der Waals surface area (Å²) in [5.74, 6) is 1.23. The summed E-state index contributed by atoms with van der Waals surface area (Å²) in [6, 6.07) is 4.81. The second-order valence-corrected chi connectivity index (χ2v) is 6.30. The van der Waals surface area contributed by atoms with Crippen molar-refractivity contribution in [2.24, 2.45) is 5.92 Å². The largest absolute Gasteiger partial charge is 0.494 e. The molecule has 0 spiro atoms. The Balaban J connectivity index is 1.55. The number of hydrogen-bond acceptors (Lipinski definition) is 4. The maximum Gasteiger partial charge on any atom is 0.145 e. The first-order valence-corrected chi connectivity index (χ1v) is 8.28. The molecule has 2 aliphatic heterocycles. The minimum absolute atomic E-state index is 0.245. The first-order valence-electron chi connectivity index (χ1n) is 8.28. The second kappa shape index (κ2) is 7.29. The van der Waals surface area contributed by atoms with Crippen LogP contribution in [-0.2, 0) is 0 Å². The third kappa shape index (κ3) is 3.70. The molecule has 5 heteroatoms. The van der Waals surface area contributed by atoms with Gasteiger partial charge in [-0.05, 0) is 44.0 Å². The van der Waals surface area contributed by atoms with Gasteiger partial charge < -0.3 is 15.0 Å². The Morgan fingerprint density at radius 2 is 1.91 bits per heavy atom. The van der Waals surface area contributed by atoms with Crippen LogP contribution in [0.5, 0.6) is 5.75 Å². The number of piperazine rings is 1. The number of halogens is 1. The van der Waals surface area contributed by atoms with Gasteiger partial charge in [-0.15, -0.1) is 0 Å². The molecule has 0 amide bonds. The molecule has 22 heavy (non-hydrogen) atoms. The summed E-state index contributed by atoms with van der Waals surface area (Å²) in [5.41, 5.74) is 1.01. The van der Waals surface area contributed by atoms with Crippen molar-refractivity contribution in [3.05, 3.63) is 24.0 Å². The number of nitrogens with one attached hydrogen (secondary N) is 1. The van der Waals surface area contributed by atoms with Crippen LogP contribution in [0, 0.1) is 11.7 Å². The predicted molar refractivity (Wildman–Crippen MR) is 87.2 cm³/mol. The van der Waals surface area contributed by atoms with Crippen molar-refractivity contribution in [2.45, 2.75) is 12.8 Å². The summed E-state index contributed by atoms with van der Waals surface area (Å²) in [4.78, 5) is 4.87. The highest BCUT2D eigenvalue weighted by molar-refractivity contribution is 5.58. The topological polar surface area (TPSA) is 27.7 Å². The lowest BCUT2D eigenvalue weighted by Crippen LogP contribution is -2.48. The molecule has 0 atom stereocenters. The second-order valence-electron chi connectivity index (χ2n) is 6.30. The van der Waals surface area contributed by atoms with Crippen LogP contribution in [-0.4, -0.2) is 57.8 Å². The van der Waals surface area contributed by atoms with E-state index in [9.17, 15) is 4.39 Å². The number of rotatable bonds is 4. The van der Waals surface area contributed by atoms with E-state index in [1.165, 1.54) is 31.5 Å². The van der Waals surface area contributed by atoms with Crippen LogP contribution < -0.4 is 15.0 Å². The summed E-state index contributed by atoms with van der Waals surface area (Å²) in [5, 5.41) is 3.43. The highest BCUT2D eigenvalue weighted by atomic mass is 19.1. The Morgan fingerprint density at radius 3 is 2.59 bits per heavy atom. The number of benzene rings is 1. The monoisotopic (exact) mass is 307 g/mol. The highest BCUT2D eigenvalue weighted by Gasteiger charge is 2.23. The molecule has 0 aliphatic carbocycles. The van der Waals surface area contributed by atoms with E-state index < -0.39 is 0 Å². The molecule has 0 radical (unpaired) electrons. The zero-order valence-electron chi connectivity index (χ0n) is 13.4. The first kappa shape index (κ1) is 15.6. The Bertz CT molecular complexity index is 483. The Kier molecular flexibility index (Phi) is 5.16. The molecule has 122 valence electrons. The molecule has 2 aliphatic rings. The highest BCUT2D eigenvalue weighted by Crippen LogP contribution is 2.29. The number of piperidine rings is 1. The molecule has 0 saturated carbocycles. The van der Waals surface area contributed by atoms with E-state index in [0.29, 0.717) is 5.75 Å². The lowest BCUT2D eigenvalue weighted by molar-refractivity contribution is 0.196. The molecule has 2 heterocycles. The summed E-state index contributed by atoms with van der Waals surface area (Å²) in [6.45, 7) is 7.65. The van der Waals surface area contributed by atoms with E-state index >= 15 is 0 Å². The van der Waals surface area contributed by atoms with Crippen molar-refractivity contribution in [3.8, 4) is 5.75 Å². The SMILES string of the molecule is COc1cc(F)ccc1N1CCN(CC2CCNCC2)CC1. The van der Waals surface area contributed by atoms with E-state index in [-0.39, 0.29) is 5.82 Å². The molecule has 0 aromatic heterocycles. The van der Waals surface area contributed by atoms with Crippen molar-refractivity contribution in [1.29, 1.82) is 0 Å². The molecule has 1 aromatic carbocycles. The summed E-state index contributed by atoms with van der Waals surface area (Å²) < 4.78 is 18.6. The maximum absolute atomic E-state index is 13.3. The molecule has 2 saturated heterocycles. The lowest BCUT2D eigenvalue weighted by Gasteiger charge is -2.38. The van der Waals surface area contributed by atoms with Crippen LogP contribution in [0.15, 0.2) is 18.2 Å². The van der Waals surface area contributed by atoms with Gasteiger partial charge in [-0.25, -0.2) is 4.39 Å². The van der Waals surface area contributed by atoms with Gasteiger partial charge in [-0.1, -0.05) is 0 Å². The zero-order valence-corrected chi connectivity index (χ0v) is 13.4. The lowest BCUT2D eigenvalue weighted by atomic mass is 9.97. The molecule has 4 nitrogen and oxygen atoms in total. The van der Waals surface area contributed by atoms with E-state index in [4.69, 9.17) is 4.74 Å². The zero-order chi connectivity index (χ0) is 15.4. The molecular formula is C17H26FN3O. The van der Waals surface area contributed by atoms with Crippen LogP contribution in [0.25, 0.3) is 0 Å². The number of nitrogens with zero attached hydrogens (tertiary/aromatic N) is 2. The first-order chi connectivity index (χ1) is 10.8. The van der Waals surface area contributed by atoms with Crippen LogP contribution in [0.4, 0.5) is 10.1 Å². The van der Waals surface area contributed by atoms with Crippen molar-refractivity contribution in [2.75, 3.05) is 57.8 Å². The van der Waals surface area contributed by atoms with Crippen LogP contribution in [0.2, 0.25) is 0 Å². The minimum atomic E-state index is -0.245. The van der Waals surface area contributed by atoms with Gasteiger partial charge in [0, 0.05) is 38.8 Å². The minimum Gasteiger partial charge on any atom is -0.494 e. The fourth-order valence-corrected chi connectivity index (χ4v) is 3.51. The van der Waals surface area contributed by atoms with Crippen molar-refractivity contribution in [3.63, 3.8) is 0 Å². The van der Waals surface area contributed by atoms with E-state index in [0.717, 1.165) is 50.9 Å². The molecule has 3 rings (SSSR count). The number of ether oxygens (including phenoxy) is 1.